The Morgan fingerprint density at radius 3 is 2.45 bits per heavy atom. The van der Waals surface area contributed by atoms with Crippen molar-refractivity contribution in [3.05, 3.63) is 68.6 Å². The molecule has 0 saturated carbocycles. The maximum Gasteiger partial charge on any atom is 0.293 e. The van der Waals surface area contributed by atoms with Crippen LogP contribution in [0.2, 0.25) is 0 Å². The molecule has 0 aliphatic carbocycles. The number of nitro groups is 1. The van der Waals surface area contributed by atoms with Crippen LogP contribution in [0.25, 0.3) is 6.08 Å². The molecule has 0 atom stereocenters. The van der Waals surface area contributed by atoms with Crippen molar-refractivity contribution in [2.24, 2.45) is 0 Å². The minimum absolute atomic E-state index is 0.0418. The van der Waals surface area contributed by atoms with E-state index < -0.39 is 28.4 Å². The number of nitrogens with zero attached hydrogens (tertiary/aromatic N) is 2. The molecular weight excluding hydrogens is 448 g/mol. The Bertz CT molecular complexity index is 1130. The molecule has 1 saturated heterocycles. The molecule has 0 radical (unpaired) electrons. The predicted octanol–water partition coefficient (Wildman–Crippen LogP) is 4.70. The molecule has 3 rings (SSSR count). The number of hydrogen-bond donors (Lipinski definition) is 0. The molecule has 10 heteroatoms. The molecule has 1 heterocycles. The van der Waals surface area contributed by atoms with E-state index >= 15 is 0 Å². The third kappa shape index (κ3) is 5.78. The van der Waals surface area contributed by atoms with E-state index in [2.05, 4.69) is 0 Å². The van der Waals surface area contributed by atoms with Crippen LogP contribution >= 0.6 is 11.8 Å². The van der Waals surface area contributed by atoms with E-state index in [1.807, 2.05) is 20.8 Å². The zero-order chi connectivity index (χ0) is 24.1. The standard InChI is InChI=1S/C23H22N2O7S/c1-4-31-20-11-15(5-10-19(20)32-14(2)3)12-21-22(27)24(23(28)33-21)13-18(26)16-6-8-17(9-7-16)25(29)30/h5-12,14H,4,13H2,1-3H3/b21-12+. The number of rotatable bonds is 9. The summed E-state index contributed by atoms with van der Waals surface area (Å²) in [4.78, 5) is 48.9. The average Bonchev–Trinajstić information content (AvgIpc) is 3.02. The third-order valence-electron chi connectivity index (χ3n) is 4.50. The molecule has 1 aliphatic heterocycles. The first-order chi connectivity index (χ1) is 15.7. The fourth-order valence-electron chi connectivity index (χ4n) is 3.03. The van der Waals surface area contributed by atoms with E-state index in [0.717, 1.165) is 16.7 Å². The number of ether oxygens (including phenoxy) is 2. The summed E-state index contributed by atoms with van der Waals surface area (Å²) in [5.74, 6) is 0.0151. The number of thioether (sulfide) groups is 1. The van der Waals surface area contributed by atoms with Gasteiger partial charge in [0.2, 0.25) is 0 Å². The average molecular weight is 471 g/mol. The number of amides is 2. The molecule has 0 bridgehead atoms. The number of ketones is 1. The van der Waals surface area contributed by atoms with E-state index in [0.29, 0.717) is 23.7 Å². The molecule has 2 aromatic rings. The second-order valence-electron chi connectivity index (χ2n) is 7.30. The lowest BCUT2D eigenvalue weighted by atomic mass is 10.1. The molecule has 0 unspecified atom stereocenters. The van der Waals surface area contributed by atoms with Gasteiger partial charge in [-0.25, -0.2) is 0 Å². The highest BCUT2D eigenvalue weighted by Gasteiger charge is 2.36. The summed E-state index contributed by atoms with van der Waals surface area (Å²) in [5.41, 5.74) is 0.657. The first-order valence-corrected chi connectivity index (χ1v) is 11.0. The van der Waals surface area contributed by atoms with Crippen LogP contribution in [0.1, 0.15) is 36.7 Å². The maximum absolute atomic E-state index is 12.8. The second-order valence-corrected chi connectivity index (χ2v) is 8.29. The number of carbonyl (C=O) groups excluding carboxylic acids is 3. The van der Waals surface area contributed by atoms with Crippen LogP contribution < -0.4 is 9.47 Å². The monoisotopic (exact) mass is 470 g/mol. The zero-order valence-corrected chi connectivity index (χ0v) is 19.1. The van der Waals surface area contributed by atoms with Crippen LogP contribution in [0, 0.1) is 10.1 Å². The Morgan fingerprint density at radius 2 is 1.85 bits per heavy atom. The maximum atomic E-state index is 12.8. The van der Waals surface area contributed by atoms with E-state index in [9.17, 15) is 24.5 Å². The molecule has 172 valence electrons. The molecule has 2 aromatic carbocycles. The summed E-state index contributed by atoms with van der Waals surface area (Å²) in [7, 11) is 0. The highest BCUT2D eigenvalue weighted by Crippen LogP contribution is 2.35. The number of nitro benzene ring substituents is 1. The van der Waals surface area contributed by atoms with Crippen molar-refractivity contribution in [2.45, 2.75) is 26.9 Å². The van der Waals surface area contributed by atoms with Crippen molar-refractivity contribution < 1.29 is 28.8 Å². The van der Waals surface area contributed by atoms with E-state index in [4.69, 9.17) is 9.47 Å². The van der Waals surface area contributed by atoms with Crippen LogP contribution in [0.5, 0.6) is 11.5 Å². The summed E-state index contributed by atoms with van der Waals surface area (Å²) in [6.45, 7) is 5.62. The summed E-state index contributed by atoms with van der Waals surface area (Å²) in [5, 5.41) is 10.2. The van der Waals surface area contributed by atoms with E-state index in [1.54, 1.807) is 24.3 Å². The highest BCUT2D eigenvalue weighted by atomic mass is 32.2. The van der Waals surface area contributed by atoms with Crippen LogP contribution in [-0.4, -0.2) is 46.0 Å². The van der Waals surface area contributed by atoms with Crippen molar-refractivity contribution in [3.8, 4) is 11.5 Å². The summed E-state index contributed by atoms with van der Waals surface area (Å²) in [6.07, 6.45) is 1.52. The predicted molar refractivity (Wildman–Crippen MR) is 123 cm³/mol. The van der Waals surface area contributed by atoms with Gasteiger partial charge >= 0.3 is 0 Å². The van der Waals surface area contributed by atoms with Gasteiger partial charge in [-0.15, -0.1) is 0 Å². The van der Waals surface area contributed by atoms with E-state index in [1.165, 1.54) is 24.3 Å². The lowest BCUT2D eigenvalue weighted by molar-refractivity contribution is -0.384. The van der Waals surface area contributed by atoms with Crippen molar-refractivity contribution >= 4 is 40.5 Å². The van der Waals surface area contributed by atoms with Gasteiger partial charge in [-0.3, -0.25) is 29.4 Å². The van der Waals surface area contributed by atoms with Gasteiger partial charge in [0.25, 0.3) is 16.8 Å². The zero-order valence-electron chi connectivity index (χ0n) is 18.3. The molecule has 9 nitrogen and oxygen atoms in total. The van der Waals surface area contributed by atoms with Crippen LogP contribution in [-0.2, 0) is 4.79 Å². The number of carbonyl (C=O) groups is 3. The Hall–Kier alpha value is -3.66. The minimum Gasteiger partial charge on any atom is -0.490 e. The van der Waals surface area contributed by atoms with Gasteiger partial charge in [-0.05, 0) is 68.4 Å². The molecule has 0 aromatic heterocycles. The number of imide groups is 1. The largest absolute Gasteiger partial charge is 0.490 e. The Kier molecular flexibility index (Phi) is 7.49. The van der Waals surface area contributed by atoms with Crippen molar-refractivity contribution in [2.75, 3.05) is 13.2 Å². The van der Waals surface area contributed by atoms with Crippen LogP contribution in [0.3, 0.4) is 0 Å². The SMILES string of the molecule is CCOc1cc(/C=C2/SC(=O)N(CC(=O)c3ccc([N+](=O)[O-])cc3)C2=O)ccc1OC(C)C. The number of benzene rings is 2. The van der Waals surface area contributed by atoms with Crippen LogP contribution in [0.15, 0.2) is 47.4 Å². The smallest absolute Gasteiger partial charge is 0.293 e. The Morgan fingerprint density at radius 1 is 1.15 bits per heavy atom. The van der Waals surface area contributed by atoms with Gasteiger partial charge in [-0.2, -0.15) is 0 Å². The van der Waals surface area contributed by atoms with Crippen molar-refractivity contribution in [3.63, 3.8) is 0 Å². The normalized spacial score (nSPS) is 14.8. The first kappa shape index (κ1) is 24.0. The number of non-ortho nitro benzene ring substituents is 1. The quantitative estimate of drug-likeness (QED) is 0.224. The van der Waals surface area contributed by atoms with Gasteiger partial charge in [0, 0.05) is 17.7 Å². The Labute approximate surface area is 194 Å². The number of hydrogen-bond acceptors (Lipinski definition) is 8. The summed E-state index contributed by atoms with van der Waals surface area (Å²) < 4.78 is 11.4. The van der Waals surface area contributed by atoms with Gasteiger partial charge < -0.3 is 9.47 Å². The first-order valence-electron chi connectivity index (χ1n) is 10.2. The molecule has 0 spiro atoms. The minimum atomic E-state index is -0.583. The molecular formula is C23H22N2O7S. The van der Waals surface area contributed by atoms with Gasteiger partial charge in [0.05, 0.1) is 29.1 Å². The van der Waals surface area contributed by atoms with Crippen molar-refractivity contribution in [1.82, 2.24) is 4.90 Å². The van der Waals surface area contributed by atoms with Gasteiger partial charge in [0.15, 0.2) is 17.3 Å². The van der Waals surface area contributed by atoms with Gasteiger partial charge in [0.1, 0.15) is 0 Å². The number of Topliss-reactive ketones (excluding diaryl/α,β-unsaturated/α-hetero) is 1. The third-order valence-corrected chi connectivity index (χ3v) is 5.41. The lowest BCUT2D eigenvalue weighted by Gasteiger charge is -2.15. The van der Waals surface area contributed by atoms with Crippen molar-refractivity contribution in [1.29, 1.82) is 0 Å². The molecule has 1 aliphatic rings. The summed E-state index contributed by atoms with van der Waals surface area (Å²) >= 11 is 0.739. The topological polar surface area (TPSA) is 116 Å². The lowest BCUT2D eigenvalue weighted by Crippen LogP contribution is -2.33. The highest BCUT2D eigenvalue weighted by molar-refractivity contribution is 8.18. The molecule has 33 heavy (non-hydrogen) atoms. The van der Waals surface area contributed by atoms with Crippen LogP contribution in [0.4, 0.5) is 10.5 Å². The summed E-state index contributed by atoms with van der Waals surface area (Å²) in [6, 6.07) is 10.2. The van der Waals surface area contributed by atoms with E-state index in [-0.39, 0.29) is 22.3 Å². The molecule has 1 fully saturated rings. The molecule has 2 amide bonds. The second kappa shape index (κ2) is 10.3. The molecule has 0 N–H and O–H groups in total. The van der Waals surface area contributed by atoms with Gasteiger partial charge in [-0.1, -0.05) is 6.07 Å². The fraction of sp³-hybridized carbons (Fsp3) is 0.261. The Balaban J connectivity index is 1.77. The fourth-order valence-corrected chi connectivity index (χ4v) is 3.86.